The predicted molar refractivity (Wildman–Crippen MR) is 76.9 cm³/mol. The summed E-state index contributed by atoms with van der Waals surface area (Å²) in [5.41, 5.74) is 6.16. The SMILES string of the molecule is CCS(=O)(=O)CCn1nc(NC2CCC2)c(C#N)c1N. The van der Waals surface area contributed by atoms with Crippen LogP contribution < -0.4 is 11.1 Å². The zero-order chi connectivity index (χ0) is 14.8. The smallest absolute Gasteiger partial charge is 0.168 e. The molecule has 0 saturated heterocycles. The van der Waals surface area contributed by atoms with Crippen LogP contribution in [-0.2, 0) is 16.4 Å². The minimum absolute atomic E-state index is 0.0247. The van der Waals surface area contributed by atoms with Gasteiger partial charge in [0, 0.05) is 11.8 Å². The number of hydrogen-bond acceptors (Lipinski definition) is 6. The van der Waals surface area contributed by atoms with E-state index >= 15 is 0 Å². The Hall–Kier alpha value is -1.75. The van der Waals surface area contributed by atoms with Crippen LogP contribution in [0.4, 0.5) is 11.6 Å². The highest BCUT2D eigenvalue weighted by Gasteiger charge is 2.22. The van der Waals surface area contributed by atoms with E-state index in [0.717, 1.165) is 12.8 Å². The standard InChI is InChI=1S/C12H19N5O2S/c1-2-20(18,19)7-6-17-11(14)10(8-13)12(16-17)15-9-4-3-5-9/h9H,2-7,14H2,1H3,(H,15,16). The van der Waals surface area contributed by atoms with Crippen molar-refractivity contribution in [3.8, 4) is 6.07 Å². The molecule has 0 radical (unpaired) electrons. The summed E-state index contributed by atoms with van der Waals surface area (Å²) in [4.78, 5) is 0. The highest BCUT2D eigenvalue weighted by Crippen LogP contribution is 2.27. The minimum atomic E-state index is -3.08. The van der Waals surface area contributed by atoms with Crippen LogP contribution in [0.2, 0.25) is 0 Å². The summed E-state index contributed by atoms with van der Waals surface area (Å²) in [5.74, 6) is 0.750. The molecule has 1 saturated carbocycles. The Balaban J connectivity index is 2.15. The van der Waals surface area contributed by atoms with Crippen molar-refractivity contribution in [2.45, 2.75) is 38.8 Å². The van der Waals surface area contributed by atoms with Crippen molar-refractivity contribution < 1.29 is 8.42 Å². The molecule has 1 aromatic heterocycles. The lowest BCUT2D eigenvalue weighted by Gasteiger charge is -2.26. The van der Waals surface area contributed by atoms with Gasteiger partial charge in [-0.2, -0.15) is 10.4 Å². The molecule has 1 aliphatic rings. The number of nitrogens with one attached hydrogen (secondary N) is 1. The maximum Gasteiger partial charge on any atom is 0.168 e. The summed E-state index contributed by atoms with van der Waals surface area (Å²) in [7, 11) is -3.08. The van der Waals surface area contributed by atoms with Crippen molar-refractivity contribution in [1.82, 2.24) is 9.78 Å². The Labute approximate surface area is 118 Å². The Morgan fingerprint density at radius 1 is 1.55 bits per heavy atom. The third kappa shape index (κ3) is 3.04. The normalized spacial score (nSPS) is 15.6. The van der Waals surface area contributed by atoms with Crippen molar-refractivity contribution in [2.75, 3.05) is 22.6 Å². The fraction of sp³-hybridized carbons (Fsp3) is 0.667. The lowest BCUT2D eigenvalue weighted by Crippen LogP contribution is -2.27. The number of anilines is 2. The van der Waals surface area contributed by atoms with E-state index in [1.54, 1.807) is 6.92 Å². The lowest BCUT2D eigenvalue weighted by molar-refractivity contribution is 0.443. The third-order valence-corrected chi connectivity index (χ3v) is 5.29. The van der Waals surface area contributed by atoms with Gasteiger partial charge in [0.2, 0.25) is 0 Å². The van der Waals surface area contributed by atoms with Crippen LogP contribution in [0.25, 0.3) is 0 Å². The van der Waals surface area contributed by atoms with Gasteiger partial charge in [0.15, 0.2) is 15.7 Å². The molecule has 1 heterocycles. The molecule has 0 aliphatic heterocycles. The van der Waals surface area contributed by atoms with Crippen LogP contribution in [0.5, 0.6) is 0 Å². The van der Waals surface area contributed by atoms with E-state index < -0.39 is 9.84 Å². The average Bonchev–Trinajstić information content (AvgIpc) is 2.67. The van der Waals surface area contributed by atoms with E-state index in [4.69, 9.17) is 11.0 Å². The zero-order valence-corrected chi connectivity index (χ0v) is 12.3. The van der Waals surface area contributed by atoms with Crippen LogP contribution in [0.15, 0.2) is 0 Å². The van der Waals surface area contributed by atoms with Gasteiger partial charge >= 0.3 is 0 Å². The van der Waals surface area contributed by atoms with Gasteiger partial charge in [-0.25, -0.2) is 13.1 Å². The van der Waals surface area contributed by atoms with Crippen molar-refractivity contribution in [1.29, 1.82) is 5.26 Å². The molecule has 0 aromatic carbocycles. The van der Waals surface area contributed by atoms with Crippen molar-refractivity contribution in [3.05, 3.63) is 5.56 Å². The maximum absolute atomic E-state index is 11.5. The van der Waals surface area contributed by atoms with E-state index in [2.05, 4.69) is 10.4 Å². The number of nitrogens with two attached hydrogens (primary N) is 1. The molecule has 0 spiro atoms. The van der Waals surface area contributed by atoms with Gasteiger partial charge in [0.1, 0.15) is 17.5 Å². The fourth-order valence-electron chi connectivity index (χ4n) is 1.97. The lowest BCUT2D eigenvalue weighted by atomic mass is 9.93. The summed E-state index contributed by atoms with van der Waals surface area (Å²) in [5, 5.41) is 16.6. The number of nitriles is 1. The van der Waals surface area contributed by atoms with Crippen LogP contribution >= 0.6 is 0 Å². The first-order valence-corrected chi connectivity index (χ1v) is 8.52. The number of hydrogen-bond donors (Lipinski definition) is 2. The summed E-state index contributed by atoms with van der Waals surface area (Å²) in [6.07, 6.45) is 3.29. The second-order valence-electron chi connectivity index (χ2n) is 4.95. The number of aryl methyl sites for hydroxylation is 1. The van der Waals surface area contributed by atoms with Gasteiger partial charge in [-0.05, 0) is 19.3 Å². The Morgan fingerprint density at radius 3 is 2.75 bits per heavy atom. The van der Waals surface area contributed by atoms with Crippen LogP contribution in [0.3, 0.4) is 0 Å². The molecule has 3 N–H and O–H groups in total. The Morgan fingerprint density at radius 2 is 2.25 bits per heavy atom. The van der Waals surface area contributed by atoms with Crippen LogP contribution in [0.1, 0.15) is 31.7 Å². The van der Waals surface area contributed by atoms with Crippen LogP contribution in [0, 0.1) is 11.3 Å². The summed E-state index contributed by atoms with van der Waals surface area (Å²) in [6.45, 7) is 1.77. The van der Waals surface area contributed by atoms with Gasteiger partial charge in [-0.3, -0.25) is 0 Å². The monoisotopic (exact) mass is 297 g/mol. The topological polar surface area (TPSA) is 114 Å². The molecule has 0 amide bonds. The molecule has 2 rings (SSSR count). The minimum Gasteiger partial charge on any atom is -0.383 e. The number of nitrogen functional groups attached to an aromatic ring is 1. The summed E-state index contributed by atoms with van der Waals surface area (Å²) < 4.78 is 24.4. The van der Waals surface area contributed by atoms with E-state index in [9.17, 15) is 8.42 Å². The second-order valence-corrected chi connectivity index (χ2v) is 7.43. The van der Waals surface area contributed by atoms with Crippen LogP contribution in [-0.4, -0.2) is 35.7 Å². The Bertz CT molecular complexity index is 625. The molecule has 8 heteroatoms. The van der Waals surface area contributed by atoms with Crippen molar-refractivity contribution in [3.63, 3.8) is 0 Å². The van der Waals surface area contributed by atoms with Gasteiger partial charge in [0.25, 0.3) is 0 Å². The zero-order valence-electron chi connectivity index (χ0n) is 11.5. The highest BCUT2D eigenvalue weighted by molar-refractivity contribution is 7.91. The van der Waals surface area contributed by atoms with Crippen molar-refractivity contribution in [2.24, 2.45) is 0 Å². The molecule has 0 unspecified atom stereocenters. The number of sulfone groups is 1. The van der Waals surface area contributed by atoms with Gasteiger partial charge in [0.05, 0.1) is 12.3 Å². The molecule has 0 bridgehead atoms. The second kappa shape index (κ2) is 5.71. The molecule has 110 valence electrons. The number of aromatic nitrogens is 2. The van der Waals surface area contributed by atoms with Gasteiger partial charge < -0.3 is 11.1 Å². The predicted octanol–water partition coefficient (Wildman–Crippen LogP) is 0.736. The summed E-state index contributed by atoms with van der Waals surface area (Å²) >= 11 is 0. The first-order chi connectivity index (χ1) is 9.46. The molecular formula is C12H19N5O2S. The largest absolute Gasteiger partial charge is 0.383 e. The molecular weight excluding hydrogens is 278 g/mol. The maximum atomic E-state index is 11.5. The third-order valence-electron chi connectivity index (χ3n) is 3.60. The summed E-state index contributed by atoms with van der Waals surface area (Å²) in [6, 6.07) is 2.37. The molecule has 1 fully saturated rings. The van der Waals surface area contributed by atoms with E-state index in [0.29, 0.717) is 17.4 Å². The number of rotatable bonds is 6. The quantitative estimate of drug-likeness (QED) is 0.800. The van der Waals surface area contributed by atoms with E-state index in [1.807, 2.05) is 6.07 Å². The first kappa shape index (κ1) is 14.7. The van der Waals surface area contributed by atoms with E-state index in [1.165, 1.54) is 11.1 Å². The average molecular weight is 297 g/mol. The fourth-order valence-corrected chi connectivity index (χ4v) is 2.71. The van der Waals surface area contributed by atoms with Crippen molar-refractivity contribution >= 4 is 21.5 Å². The number of nitrogens with zero attached hydrogens (tertiary/aromatic N) is 3. The van der Waals surface area contributed by atoms with Gasteiger partial charge in [-0.15, -0.1) is 0 Å². The molecule has 0 atom stereocenters. The van der Waals surface area contributed by atoms with E-state index in [-0.39, 0.29) is 23.9 Å². The molecule has 1 aromatic rings. The molecule has 7 nitrogen and oxygen atoms in total. The first-order valence-electron chi connectivity index (χ1n) is 6.70. The molecule has 1 aliphatic carbocycles. The highest BCUT2D eigenvalue weighted by atomic mass is 32.2. The molecule has 20 heavy (non-hydrogen) atoms. The van der Waals surface area contributed by atoms with Gasteiger partial charge in [-0.1, -0.05) is 6.92 Å². The Kier molecular flexibility index (Phi) is 4.18.